The van der Waals surface area contributed by atoms with Crippen LogP contribution in [0.3, 0.4) is 0 Å². The first-order chi connectivity index (χ1) is 26.2. The summed E-state index contributed by atoms with van der Waals surface area (Å²) < 4.78 is 0. The number of allylic oxidation sites excluding steroid dienone is 7. The Bertz CT molecular complexity index is 847. The molecule has 3 N–H and O–H groups in total. The van der Waals surface area contributed by atoms with Gasteiger partial charge in [0.25, 0.3) is 0 Å². The van der Waals surface area contributed by atoms with Crippen molar-refractivity contribution in [1.29, 1.82) is 0 Å². The van der Waals surface area contributed by atoms with Crippen molar-refractivity contribution in [2.75, 3.05) is 6.61 Å². The molecule has 0 aromatic carbocycles. The largest absolute Gasteiger partial charge is 0.394 e. The number of carbonyl (C=O) groups excluding carboxylic acids is 1. The third kappa shape index (κ3) is 41.4. The molecule has 0 aliphatic rings. The normalized spacial score (nSPS) is 13.4. The van der Waals surface area contributed by atoms with Gasteiger partial charge in [0.05, 0.1) is 18.8 Å². The molecular formula is C49H91NO3. The fourth-order valence-corrected chi connectivity index (χ4v) is 6.91. The second-order valence-corrected chi connectivity index (χ2v) is 15.8. The lowest BCUT2D eigenvalue weighted by molar-refractivity contribution is -0.123. The zero-order valence-electron chi connectivity index (χ0n) is 35.5. The van der Waals surface area contributed by atoms with Crippen LogP contribution in [0.5, 0.6) is 0 Å². The zero-order valence-corrected chi connectivity index (χ0v) is 35.5. The highest BCUT2D eigenvalue weighted by atomic mass is 16.3. The molecule has 0 saturated heterocycles. The molecule has 0 spiro atoms. The van der Waals surface area contributed by atoms with E-state index in [0.29, 0.717) is 6.42 Å². The van der Waals surface area contributed by atoms with Crippen molar-refractivity contribution in [2.45, 2.75) is 251 Å². The van der Waals surface area contributed by atoms with Gasteiger partial charge < -0.3 is 15.5 Å². The molecule has 0 heterocycles. The molecule has 0 radical (unpaired) electrons. The summed E-state index contributed by atoms with van der Waals surface area (Å²) in [6, 6.07) is -0.646. The molecule has 53 heavy (non-hydrogen) atoms. The average molecular weight is 742 g/mol. The van der Waals surface area contributed by atoms with E-state index in [4.69, 9.17) is 0 Å². The number of amides is 1. The number of rotatable bonds is 42. The van der Waals surface area contributed by atoms with Gasteiger partial charge >= 0.3 is 0 Å². The minimum absolute atomic E-state index is 0.0795. The summed E-state index contributed by atoms with van der Waals surface area (Å²) in [6.07, 6.45) is 60.9. The molecule has 0 saturated carbocycles. The second-order valence-electron chi connectivity index (χ2n) is 15.8. The Morgan fingerprint density at radius 1 is 0.434 bits per heavy atom. The highest BCUT2D eigenvalue weighted by Crippen LogP contribution is 2.15. The van der Waals surface area contributed by atoms with Crippen LogP contribution in [0.15, 0.2) is 48.6 Å². The molecule has 0 aromatic rings. The Morgan fingerprint density at radius 2 is 0.736 bits per heavy atom. The van der Waals surface area contributed by atoms with Crippen molar-refractivity contribution in [3.63, 3.8) is 0 Å². The molecule has 1 amide bonds. The van der Waals surface area contributed by atoms with Crippen molar-refractivity contribution < 1.29 is 15.0 Å². The van der Waals surface area contributed by atoms with Gasteiger partial charge in [-0.2, -0.15) is 0 Å². The maximum Gasteiger partial charge on any atom is 0.220 e. The van der Waals surface area contributed by atoms with E-state index in [1.54, 1.807) is 6.08 Å². The lowest BCUT2D eigenvalue weighted by atomic mass is 10.0. The predicted octanol–water partition coefficient (Wildman–Crippen LogP) is 14.7. The first-order valence-electron chi connectivity index (χ1n) is 23.4. The van der Waals surface area contributed by atoms with E-state index < -0.39 is 12.1 Å². The first kappa shape index (κ1) is 51.4. The number of nitrogens with one attached hydrogen (secondary N) is 1. The van der Waals surface area contributed by atoms with Crippen LogP contribution in [-0.2, 0) is 4.79 Å². The maximum absolute atomic E-state index is 12.4. The van der Waals surface area contributed by atoms with Crippen molar-refractivity contribution in [3.8, 4) is 0 Å². The summed E-state index contributed by atoms with van der Waals surface area (Å²) >= 11 is 0. The van der Waals surface area contributed by atoms with Gasteiger partial charge in [0.15, 0.2) is 0 Å². The standard InChI is InChI=1S/C49H91NO3/c1-3-5-7-9-11-13-15-17-19-20-21-22-23-24-25-26-27-28-29-31-33-35-37-39-41-43-45-49(53)50-47(46-51)48(52)44-42-40-38-36-34-32-30-18-16-14-12-10-8-6-4-2/h16,18,24-25,34,36,42,44,47-48,51-52H,3-15,17,19-23,26-33,35,37-41,43,45-46H2,1-2H3,(H,50,53)/b18-16+,25-24-,36-34+,44-42+. The summed E-state index contributed by atoms with van der Waals surface area (Å²) in [6.45, 7) is 4.28. The van der Waals surface area contributed by atoms with Gasteiger partial charge in [-0.3, -0.25) is 4.79 Å². The third-order valence-corrected chi connectivity index (χ3v) is 10.5. The monoisotopic (exact) mass is 742 g/mol. The van der Waals surface area contributed by atoms with Crippen molar-refractivity contribution in [2.24, 2.45) is 0 Å². The molecular weight excluding hydrogens is 651 g/mol. The van der Waals surface area contributed by atoms with Gasteiger partial charge in [0.2, 0.25) is 5.91 Å². The Hall–Kier alpha value is -1.65. The smallest absolute Gasteiger partial charge is 0.220 e. The second kappa shape index (κ2) is 44.7. The molecule has 0 fully saturated rings. The van der Waals surface area contributed by atoms with Crippen LogP contribution in [0.1, 0.15) is 239 Å². The van der Waals surface area contributed by atoms with Gasteiger partial charge in [0, 0.05) is 6.42 Å². The SMILES string of the molecule is CCCCCCC/C=C/CC/C=C/CC/C=C/C(O)C(CO)NC(=O)CCCCCCCCCCCC/C=C\CCCCCCCCCCCCCC. The maximum atomic E-state index is 12.4. The van der Waals surface area contributed by atoms with E-state index in [9.17, 15) is 15.0 Å². The fourth-order valence-electron chi connectivity index (χ4n) is 6.91. The minimum Gasteiger partial charge on any atom is -0.394 e. The average Bonchev–Trinajstić information content (AvgIpc) is 3.16. The van der Waals surface area contributed by atoms with Gasteiger partial charge in [-0.15, -0.1) is 0 Å². The van der Waals surface area contributed by atoms with Crippen LogP contribution in [-0.4, -0.2) is 34.9 Å². The molecule has 310 valence electrons. The van der Waals surface area contributed by atoms with E-state index in [0.717, 1.165) is 38.5 Å². The number of aliphatic hydroxyl groups is 2. The summed E-state index contributed by atoms with van der Waals surface area (Å²) in [5.41, 5.74) is 0. The van der Waals surface area contributed by atoms with Crippen LogP contribution in [0.4, 0.5) is 0 Å². The highest BCUT2D eigenvalue weighted by Gasteiger charge is 2.17. The lowest BCUT2D eigenvalue weighted by Gasteiger charge is -2.19. The van der Waals surface area contributed by atoms with Gasteiger partial charge in [-0.05, 0) is 70.6 Å². The van der Waals surface area contributed by atoms with E-state index in [-0.39, 0.29) is 12.5 Å². The van der Waals surface area contributed by atoms with E-state index >= 15 is 0 Å². The van der Waals surface area contributed by atoms with E-state index in [1.807, 2.05) is 6.08 Å². The Balaban J connectivity index is 3.56. The highest BCUT2D eigenvalue weighted by molar-refractivity contribution is 5.76. The molecule has 0 aromatic heterocycles. The predicted molar refractivity (Wildman–Crippen MR) is 235 cm³/mol. The minimum atomic E-state index is -0.870. The quantitative estimate of drug-likeness (QED) is 0.0431. The molecule has 2 unspecified atom stereocenters. The Kier molecular flexibility index (Phi) is 43.4. The molecule has 4 nitrogen and oxygen atoms in total. The fraction of sp³-hybridized carbons (Fsp3) is 0.816. The lowest BCUT2D eigenvalue weighted by Crippen LogP contribution is -2.45. The number of aliphatic hydroxyl groups excluding tert-OH is 2. The van der Waals surface area contributed by atoms with Gasteiger partial charge in [0.1, 0.15) is 0 Å². The van der Waals surface area contributed by atoms with Crippen LogP contribution in [0, 0.1) is 0 Å². The summed E-state index contributed by atoms with van der Waals surface area (Å²) in [4.78, 5) is 12.4. The first-order valence-corrected chi connectivity index (χ1v) is 23.4. The molecule has 4 heteroatoms. The van der Waals surface area contributed by atoms with Gasteiger partial charge in [-0.25, -0.2) is 0 Å². The number of carbonyl (C=O) groups is 1. The Labute approximate surface area is 331 Å². The van der Waals surface area contributed by atoms with Crippen molar-refractivity contribution in [1.82, 2.24) is 5.32 Å². The zero-order chi connectivity index (χ0) is 38.6. The van der Waals surface area contributed by atoms with E-state index in [2.05, 4.69) is 55.6 Å². The molecule has 0 bridgehead atoms. The van der Waals surface area contributed by atoms with Crippen LogP contribution in [0.25, 0.3) is 0 Å². The molecule has 2 atom stereocenters. The summed E-state index contributed by atoms with van der Waals surface area (Å²) in [5, 5.41) is 23.0. The summed E-state index contributed by atoms with van der Waals surface area (Å²) in [7, 11) is 0. The third-order valence-electron chi connectivity index (χ3n) is 10.5. The van der Waals surface area contributed by atoms with E-state index in [1.165, 1.54) is 180 Å². The number of hydrogen-bond donors (Lipinski definition) is 3. The van der Waals surface area contributed by atoms with Gasteiger partial charge in [-0.1, -0.05) is 210 Å². The summed E-state index contributed by atoms with van der Waals surface area (Å²) in [5.74, 6) is -0.0795. The van der Waals surface area contributed by atoms with Crippen LogP contribution < -0.4 is 5.32 Å². The topological polar surface area (TPSA) is 69.6 Å². The van der Waals surface area contributed by atoms with Crippen molar-refractivity contribution >= 4 is 5.91 Å². The van der Waals surface area contributed by atoms with Crippen LogP contribution in [0.2, 0.25) is 0 Å². The number of unbranched alkanes of at least 4 members (excludes halogenated alkanes) is 29. The molecule has 0 aliphatic carbocycles. The van der Waals surface area contributed by atoms with Crippen LogP contribution >= 0.6 is 0 Å². The Morgan fingerprint density at radius 3 is 1.09 bits per heavy atom. The van der Waals surface area contributed by atoms with Crippen molar-refractivity contribution in [3.05, 3.63) is 48.6 Å². The molecule has 0 rings (SSSR count). The number of hydrogen-bond acceptors (Lipinski definition) is 3. The molecule has 0 aliphatic heterocycles.